The first-order chi connectivity index (χ1) is 34.7. The third-order valence-electron chi connectivity index (χ3n) is 16.0. The fourth-order valence-electron chi connectivity index (χ4n) is 13.0. The van der Waals surface area contributed by atoms with Crippen LogP contribution in [-0.2, 0) is 25.7 Å². The van der Waals surface area contributed by atoms with Crippen LogP contribution < -0.4 is 4.90 Å². The van der Waals surface area contributed by atoms with Crippen molar-refractivity contribution in [3.05, 3.63) is 216 Å². The van der Waals surface area contributed by atoms with E-state index in [0.29, 0.717) is 0 Å². The predicted molar refractivity (Wildman–Crippen MR) is 293 cm³/mol. The first kappa shape index (κ1) is 38.4. The molecule has 14 aromatic rings. The molecule has 0 spiro atoms. The van der Waals surface area contributed by atoms with E-state index in [4.69, 9.17) is 4.42 Å². The SMILES string of the molecule is c1ccc(-c2ccc3[nH]c4c(-c5cc(N(c6cc7c8ccccc8n8c9ccccc9c(c6)c78)c6c7c(cc8c6CCC8)CCC7)cc6c5oc5ccccc56)cc(-c5ccccc5)cc4c3c2)cc1. The quantitative estimate of drug-likeness (QED) is 0.181. The average molecular weight is 896 g/mol. The topological polar surface area (TPSA) is 36.6 Å². The van der Waals surface area contributed by atoms with Crippen LogP contribution >= 0.6 is 0 Å². The number of fused-ring (bicyclic) bond motifs is 14. The standard InChI is InChI=1S/C66H45N3O/c1-3-15-39(16-4-1)41-29-30-59-52(32-41)53-33-44(40-17-5-2-6-18-40)34-54(63(53)67-59)58-38-46(37-57-51-23-9-12-28-62(51)70-66(57)58)68(64-47-24-13-19-42(47)31-43-20-14-25-48(43)64)45-35-55-49-21-7-10-26-60(49)69-61-27-11-8-22-50(61)56(36-45)65(55)69/h1-12,15-18,21-23,26-38,67H,13-14,19-20,24-25H2. The van der Waals surface area contributed by atoms with Crippen LogP contribution in [0.3, 0.4) is 0 Å². The summed E-state index contributed by atoms with van der Waals surface area (Å²) < 4.78 is 9.62. The van der Waals surface area contributed by atoms with Gasteiger partial charge in [-0.25, -0.2) is 0 Å². The van der Waals surface area contributed by atoms with E-state index in [1.54, 1.807) is 0 Å². The molecule has 1 N–H and O–H groups in total. The lowest BCUT2D eigenvalue weighted by atomic mass is 9.92. The molecule has 2 aliphatic rings. The second-order valence-corrected chi connectivity index (χ2v) is 19.8. The van der Waals surface area contributed by atoms with Crippen LogP contribution in [0.1, 0.15) is 35.1 Å². The molecule has 0 bridgehead atoms. The van der Waals surface area contributed by atoms with E-state index < -0.39 is 0 Å². The molecule has 330 valence electrons. The molecule has 4 nitrogen and oxygen atoms in total. The lowest BCUT2D eigenvalue weighted by Crippen LogP contribution is -2.15. The number of furan rings is 1. The van der Waals surface area contributed by atoms with Crippen molar-refractivity contribution in [2.45, 2.75) is 38.5 Å². The third-order valence-corrected chi connectivity index (χ3v) is 16.0. The van der Waals surface area contributed by atoms with Gasteiger partial charge in [0.15, 0.2) is 0 Å². The van der Waals surface area contributed by atoms with Gasteiger partial charge in [-0.2, -0.15) is 0 Å². The maximum Gasteiger partial charge on any atom is 0.143 e. The van der Waals surface area contributed by atoms with Gasteiger partial charge in [-0.15, -0.1) is 0 Å². The summed E-state index contributed by atoms with van der Waals surface area (Å²) in [4.78, 5) is 6.68. The van der Waals surface area contributed by atoms with E-state index in [1.807, 2.05) is 0 Å². The molecule has 10 aromatic carbocycles. The molecule has 4 aromatic heterocycles. The van der Waals surface area contributed by atoms with Gasteiger partial charge in [0.05, 0.1) is 27.8 Å². The highest BCUT2D eigenvalue weighted by Crippen LogP contribution is 2.52. The third kappa shape index (κ3) is 5.42. The summed E-state index contributed by atoms with van der Waals surface area (Å²) in [5.41, 5.74) is 24.5. The van der Waals surface area contributed by atoms with Gasteiger partial charge >= 0.3 is 0 Å². The summed E-state index contributed by atoms with van der Waals surface area (Å²) in [6.45, 7) is 0. The lowest BCUT2D eigenvalue weighted by Gasteiger charge is -2.31. The number of para-hydroxylation sites is 3. The number of nitrogens with one attached hydrogen (secondary N) is 1. The van der Waals surface area contributed by atoms with Crippen molar-refractivity contribution < 1.29 is 4.42 Å². The normalized spacial score (nSPS) is 13.7. The Kier molecular flexibility index (Phi) is 7.93. The van der Waals surface area contributed by atoms with E-state index in [9.17, 15) is 0 Å². The van der Waals surface area contributed by atoms with Gasteiger partial charge in [0.25, 0.3) is 0 Å². The molecule has 0 aliphatic heterocycles. The predicted octanol–water partition coefficient (Wildman–Crippen LogP) is 17.8. The van der Waals surface area contributed by atoms with Crippen LogP contribution in [0.25, 0.3) is 115 Å². The van der Waals surface area contributed by atoms with Crippen LogP contribution in [0.15, 0.2) is 199 Å². The van der Waals surface area contributed by atoms with Crippen LogP contribution in [0.5, 0.6) is 0 Å². The molecule has 4 heterocycles. The fraction of sp³-hybridized carbons (Fsp3) is 0.0909. The molecule has 70 heavy (non-hydrogen) atoms. The van der Waals surface area contributed by atoms with Crippen molar-refractivity contribution in [2.75, 3.05) is 4.90 Å². The second-order valence-electron chi connectivity index (χ2n) is 19.8. The van der Waals surface area contributed by atoms with E-state index >= 15 is 0 Å². The molecule has 0 unspecified atom stereocenters. The number of H-pyrrole nitrogens is 1. The highest BCUT2D eigenvalue weighted by atomic mass is 16.3. The number of hydrogen-bond acceptors (Lipinski definition) is 2. The van der Waals surface area contributed by atoms with Crippen molar-refractivity contribution in [3.63, 3.8) is 0 Å². The molecule has 0 saturated carbocycles. The largest absolute Gasteiger partial charge is 0.455 e. The second kappa shape index (κ2) is 14.5. The first-order valence-corrected chi connectivity index (χ1v) is 25.0. The Hall–Kier alpha value is -8.60. The molecule has 0 amide bonds. The zero-order chi connectivity index (χ0) is 45.6. The Balaban J connectivity index is 1.04. The number of aromatic amines is 1. The van der Waals surface area contributed by atoms with Crippen molar-refractivity contribution >= 4 is 98.9 Å². The van der Waals surface area contributed by atoms with Gasteiger partial charge in [-0.05, 0) is 150 Å². The molecule has 2 aliphatic carbocycles. The molecule has 16 rings (SSSR count). The monoisotopic (exact) mass is 895 g/mol. The minimum Gasteiger partial charge on any atom is -0.455 e. The molecule has 0 radical (unpaired) electrons. The molecule has 0 fully saturated rings. The van der Waals surface area contributed by atoms with Gasteiger partial charge in [-0.3, -0.25) is 0 Å². The summed E-state index contributed by atoms with van der Waals surface area (Å²) in [5.74, 6) is 0. The van der Waals surface area contributed by atoms with E-state index in [2.05, 4.69) is 208 Å². The van der Waals surface area contributed by atoms with Crippen molar-refractivity contribution in [1.82, 2.24) is 9.38 Å². The number of nitrogens with zero attached hydrogens (tertiary/aromatic N) is 2. The number of aryl methyl sites for hydroxylation is 2. The number of hydrogen-bond donors (Lipinski definition) is 1. The molecular formula is C66H45N3O. The Bertz CT molecular complexity index is 4360. The first-order valence-electron chi connectivity index (χ1n) is 25.0. The van der Waals surface area contributed by atoms with Gasteiger partial charge < -0.3 is 18.7 Å². The van der Waals surface area contributed by atoms with Gasteiger partial charge in [0.2, 0.25) is 0 Å². The summed E-state index contributed by atoms with van der Waals surface area (Å²) in [6.07, 6.45) is 6.77. The highest BCUT2D eigenvalue weighted by molar-refractivity contribution is 6.25. The summed E-state index contributed by atoms with van der Waals surface area (Å²) in [6, 6.07) is 72.3. The van der Waals surface area contributed by atoms with Crippen LogP contribution in [0, 0.1) is 0 Å². The molecule has 4 heteroatoms. The fourth-order valence-corrected chi connectivity index (χ4v) is 13.0. The maximum atomic E-state index is 7.12. The summed E-state index contributed by atoms with van der Waals surface area (Å²) in [7, 11) is 0. The minimum atomic E-state index is 0.891. The van der Waals surface area contributed by atoms with Crippen molar-refractivity contribution in [3.8, 4) is 33.4 Å². The van der Waals surface area contributed by atoms with Crippen molar-refractivity contribution in [2.24, 2.45) is 0 Å². The van der Waals surface area contributed by atoms with Crippen molar-refractivity contribution in [1.29, 1.82) is 0 Å². The van der Waals surface area contributed by atoms with Crippen LogP contribution in [0.4, 0.5) is 17.1 Å². The average Bonchev–Trinajstić information content (AvgIpc) is 4.29. The Morgan fingerprint density at radius 2 is 1.00 bits per heavy atom. The Morgan fingerprint density at radius 1 is 0.414 bits per heavy atom. The zero-order valence-corrected chi connectivity index (χ0v) is 38.5. The van der Waals surface area contributed by atoms with Gasteiger partial charge in [0, 0.05) is 71.1 Å². The Morgan fingerprint density at radius 3 is 1.70 bits per heavy atom. The van der Waals surface area contributed by atoms with E-state index in [-0.39, 0.29) is 0 Å². The highest BCUT2D eigenvalue weighted by Gasteiger charge is 2.32. The molecule has 0 saturated heterocycles. The van der Waals surface area contributed by atoms with E-state index in [0.717, 1.165) is 75.5 Å². The Labute approximate surface area is 404 Å². The van der Waals surface area contributed by atoms with Gasteiger partial charge in [0.1, 0.15) is 11.2 Å². The maximum absolute atomic E-state index is 7.12. The van der Waals surface area contributed by atoms with E-state index in [1.165, 1.54) is 118 Å². The van der Waals surface area contributed by atoms with Crippen LogP contribution in [0.2, 0.25) is 0 Å². The molecular weight excluding hydrogens is 851 g/mol. The number of aromatic nitrogens is 2. The molecule has 0 atom stereocenters. The summed E-state index contributed by atoms with van der Waals surface area (Å²) >= 11 is 0. The lowest BCUT2D eigenvalue weighted by molar-refractivity contribution is 0.670. The van der Waals surface area contributed by atoms with Crippen LogP contribution in [-0.4, -0.2) is 9.38 Å². The number of rotatable bonds is 6. The summed E-state index contributed by atoms with van der Waals surface area (Å²) in [5, 5.41) is 9.77. The number of anilines is 3. The smallest absolute Gasteiger partial charge is 0.143 e. The minimum absolute atomic E-state index is 0.891. The van der Waals surface area contributed by atoms with Gasteiger partial charge in [-0.1, -0.05) is 127 Å². The number of benzene rings is 10. The zero-order valence-electron chi connectivity index (χ0n) is 38.5.